The van der Waals surface area contributed by atoms with Gasteiger partial charge >= 0.3 is 5.97 Å². The van der Waals surface area contributed by atoms with Crippen molar-refractivity contribution < 1.29 is 14.3 Å². The maximum atomic E-state index is 11.8. The molecular formula is C15H11BrO3. The average Bonchev–Trinajstić information content (AvgIpc) is 2.46. The predicted molar refractivity (Wildman–Crippen MR) is 75.2 cm³/mol. The summed E-state index contributed by atoms with van der Waals surface area (Å²) in [6.07, 6.45) is 0. The zero-order valence-corrected chi connectivity index (χ0v) is 11.6. The molecular weight excluding hydrogens is 308 g/mol. The van der Waals surface area contributed by atoms with Gasteiger partial charge in [-0.05, 0) is 28.1 Å². The molecule has 2 aromatic carbocycles. The summed E-state index contributed by atoms with van der Waals surface area (Å²) >= 11 is 3.26. The predicted octanol–water partition coefficient (Wildman–Crippen LogP) is 3.49. The minimum atomic E-state index is -0.517. The number of carbonyl (C=O) groups is 2. The third-order valence-electron chi connectivity index (χ3n) is 2.52. The van der Waals surface area contributed by atoms with E-state index in [9.17, 15) is 9.59 Å². The van der Waals surface area contributed by atoms with Crippen LogP contribution in [-0.4, -0.2) is 18.4 Å². The Morgan fingerprint density at radius 3 is 2.26 bits per heavy atom. The van der Waals surface area contributed by atoms with Gasteiger partial charge in [-0.25, -0.2) is 4.79 Å². The lowest BCUT2D eigenvalue weighted by Gasteiger charge is -2.05. The summed E-state index contributed by atoms with van der Waals surface area (Å²) in [4.78, 5) is 23.6. The molecule has 0 bridgehead atoms. The number of ketones is 1. The highest BCUT2D eigenvalue weighted by Crippen LogP contribution is 2.16. The van der Waals surface area contributed by atoms with Crippen LogP contribution in [0.25, 0.3) is 0 Å². The molecule has 4 heteroatoms. The molecule has 0 aliphatic heterocycles. The summed E-state index contributed by atoms with van der Waals surface area (Å²) in [6, 6.07) is 15.7. The molecule has 0 saturated carbocycles. The molecule has 0 aliphatic rings. The Balaban J connectivity index is 1.98. The molecule has 2 rings (SSSR count). The Morgan fingerprint density at radius 2 is 1.58 bits per heavy atom. The van der Waals surface area contributed by atoms with Gasteiger partial charge in [-0.1, -0.05) is 42.5 Å². The van der Waals surface area contributed by atoms with Crippen molar-refractivity contribution in [2.24, 2.45) is 0 Å². The summed E-state index contributed by atoms with van der Waals surface area (Å²) in [6.45, 7) is -0.260. The average molecular weight is 319 g/mol. The first kappa shape index (κ1) is 13.5. The van der Waals surface area contributed by atoms with E-state index >= 15 is 0 Å². The molecule has 0 unspecified atom stereocenters. The smallest absolute Gasteiger partial charge is 0.339 e. The van der Waals surface area contributed by atoms with Gasteiger partial charge in [0.25, 0.3) is 0 Å². The summed E-state index contributed by atoms with van der Waals surface area (Å²) in [5.74, 6) is -0.738. The molecule has 0 aliphatic carbocycles. The first-order valence-corrected chi connectivity index (χ1v) is 6.47. The highest BCUT2D eigenvalue weighted by atomic mass is 79.9. The second-order valence-electron chi connectivity index (χ2n) is 3.85. The second kappa shape index (κ2) is 6.29. The van der Waals surface area contributed by atoms with E-state index in [2.05, 4.69) is 15.9 Å². The summed E-state index contributed by atoms with van der Waals surface area (Å²) in [5, 5.41) is 0. The molecule has 0 heterocycles. The lowest BCUT2D eigenvalue weighted by atomic mass is 10.1. The minimum Gasteiger partial charge on any atom is -0.454 e. The van der Waals surface area contributed by atoms with Crippen molar-refractivity contribution in [1.82, 2.24) is 0 Å². The fourth-order valence-electron chi connectivity index (χ4n) is 1.54. The van der Waals surface area contributed by atoms with Crippen LogP contribution in [0.2, 0.25) is 0 Å². The van der Waals surface area contributed by atoms with E-state index in [4.69, 9.17) is 4.74 Å². The fourth-order valence-corrected chi connectivity index (χ4v) is 1.99. The van der Waals surface area contributed by atoms with E-state index in [1.165, 1.54) is 0 Å². The van der Waals surface area contributed by atoms with E-state index in [0.717, 1.165) is 0 Å². The molecule has 0 aromatic heterocycles. The van der Waals surface area contributed by atoms with Crippen LogP contribution in [0.1, 0.15) is 20.7 Å². The Hall–Kier alpha value is -1.94. The van der Waals surface area contributed by atoms with Gasteiger partial charge in [0.05, 0.1) is 5.56 Å². The second-order valence-corrected chi connectivity index (χ2v) is 4.70. The van der Waals surface area contributed by atoms with Crippen LogP contribution in [0.3, 0.4) is 0 Å². The molecule has 0 fully saturated rings. The lowest BCUT2D eigenvalue weighted by molar-refractivity contribution is 0.0474. The number of halogens is 1. The van der Waals surface area contributed by atoms with Gasteiger partial charge in [-0.2, -0.15) is 0 Å². The van der Waals surface area contributed by atoms with Crippen LogP contribution < -0.4 is 0 Å². The molecule has 2 aromatic rings. The van der Waals surface area contributed by atoms with Gasteiger partial charge < -0.3 is 4.74 Å². The van der Waals surface area contributed by atoms with Crippen molar-refractivity contribution in [2.45, 2.75) is 0 Å². The summed E-state index contributed by atoms with van der Waals surface area (Å²) in [5.41, 5.74) is 0.936. The lowest BCUT2D eigenvalue weighted by Crippen LogP contribution is -2.14. The van der Waals surface area contributed by atoms with E-state index < -0.39 is 5.97 Å². The van der Waals surface area contributed by atoms with Crippen LogP contribution >= 0.6 is 15.9 Å². The zero-order chi connectivity index (χ0) is 13.7. The number of benzene rings is 2. The third-order valence-corrected chi connectivity index (χ3v) is 3.22. The first-order chi connectivity index (χ1) is 9.18. The SMILES string of the molecule is O=C(COC(=O)c1ccccc1Br)c1ccccc1. The van der Waals surface area contributed by atoms with Crippen LogP contribution in [0.4, 0.5) is 0 Å². The summed E-state index contributed by atoms with van der Waals surface area (Å²) in [7, 11) is 0. The van der Waals surface area contributed by atoms with E-state index in [-0.39, 0.29) is 12.4 Å². The molecule has 0 atom stereocenters. The number of carbonyl (C=O) groups excluding carboxylic acids is 2. The van der Waals surface area contributed by atoms with Crippen LogP contribution in [0.15, 0.2) is 59.1 Å². The molecule has 0 N–H and O–H groups in total. The van der Waals surface area contributed by atoms with Crippen LogP contribution in [-0.2, 0) is 4.74 Å². The van der Waals surface area contributed by atoms with Crippen molar-refractivity contribution in [3.8, 4) is 0 Å². The van der Waals surface area contributed by atoms with Gasteiger partial charge in [-0.3, -0.25) is 4.79 Å². The Morgan fingerprint density at radius 1 is 0.947 bits per heavy atom. The molecule has 0 spiro atoms. The van der Waals surface area contributed by atoms with Crippen LogP contribution in [0, 0.1) is 0 Å². The van der Waals surface area contributed by atoms with Crippen molar-refractivity contribution in [3.05, 3.63) is 70.2 Å². The Kier molecular flexibility index (Phi) is 4.47. The number of rotatable bonds is 4. The fraction of sp³-hybridized carbons (Fsp3) is 0.0667. The third kappa shape index (κ3) is 3.51. The largest absolute Gasteiger partial charge is 0.454 e. The number of hydrogen-bond donors (Lipinski definition) is 0. The number of esters is 1. The Bertz CT molecular complexity index is 593. The highest BCUT2D eigenvalue weighted by molar-refractivity contribution is 9.10. The topological polar surface area (TPSA) is 43.4 Å². The maximum Gasteiger partial charge on any atom is 0.339 e. The zero-order valence-electron chi connectivity index (χ0n) is 10.0. The number of Topliss-reactive ketones (excluding diaryl/α,β-unsaturated/α-hetero) is 1. The number of ether oxygens (including phenoxy) is 1. The molecule has 3 nitrogen and oxygen atoms in total. The standard InChI is InChI=1S/C15H11BrO3/c16-13-9-5-4-8-12(13)15(18)19-10-14(17)11-6-2-1-3-7-11/h1-9H,10H2. The molecule has 0 saturated heterocycles. The van der Waals surface area contributed by atoms with E-state index in [1.807, 2.05) is 6.07 Å². The maximum absolute atomic E-state index is 11.8. The van der Waals surface area contributed by atoms with Crippen molar-refractivity contribution in [1.29, 1.82) is 0 Å². The van der Waals surface area contributed by atoms with Gasteiger partial charge in [-0.15, -0.1) is 0 Å². The first-order valence-electron chi connectivity index (χ1n) is 5.68. The van der Waals surface area contributed by atoms with Crippen molar-refractivity contribution in [2.75, 3.05) is 6.61 Å². The van der Waals surface area contributed by atoms with E-state index in [0.29, 0.717) is 15.6 Å². The molecule has 0 amide bonds. The van der Waals surface area contributed by atoms with Crippen molar-refractivity contribution >= 4 is 27.7 Å². The minimum absolute atomic E-state index is 0.221. The monoisotopic (exact) mass is 318 g/mol. The molecule has 0 radical (unpaired) electrons. The Labute approximate surface area is 119 Å². The summed E-state index contributed by atoms with van der Waals surface area (Å²) < 4.78 is 5.65. The normalized spacial score (nSPS) is 9.95. The molecule has 19 heavy (non-hydrogen) atoms. The van der Waals surface area contributed by atoms with Gasteiger partial charge in [0.1, 0.15) is 0 Å². The van der Waals surface area contributed by atoms with Crippen LogP contribution in [0.5, 0.6) is 0 Å². The van der Waals surface area contributed by atoms with Gasteiger partial charge in [0.15, 0.2) is 12.4 Å². The highest BCUT2D eigenvalue weighted by Gasteiger charge is 2.13. The quantitative estimate of drug-likeness (QED) is 0.640. The van der Waals surface area contributed by atoms with Gasteiger partial charge in [0, 0.05) is 10.0 Å². The van der Waals surface area contributed by atoms with E-state index in [1.54, 1.807) is 48.5 Å². The van der Waals surface area contributed by atoms with Crippen molar-refractivity contribution in [3.63, 3.8) is 0 Å². The molecule has 96 valence electrons. The number of hydrogen-bond acceptors (Lipinski definition) is 3. The van der Waals surface area contributed by atoms with Gasteiger partial charge in [0.2, 0.25) is 0 Å².